The van der Waals surface area contributed by atoms with E-state index < -0.39 is 0 Å². The molecule has 9 heteroatoms. The summed E-state index contributed by atoms with van der Waals surface area (Å²) in [6.45, 7) is 8.70. The third-order valence-electron chi connectivity index (χ3n) is 9.36. The second-order valence-electron chi connectivity index (χ2n) is 12.2. The monoisotopic (exact) mass is 587 g/mol. The Morgan fingerprint density at radius 3 is 2.10 bits per heavy atom. The van der Waals surface area contributed by atoms with Gasteiger partial charge in [0.25, 0.3) is 0 Å². The van der Waals surface area contributed by atoms with Crippen molar-refractivity contribution in [3.05, 3.63) is 72.0 Å². The number of nitrogens with zero attached hydrogens (tertiary/aromatic N) is 5. The van der Waals surface area contributed by atoms with Gasteiger partial charge in [-0.25, -0.2) is 4.39 Å². The van der Waals surface area contributed by atoms with Crippen LogP contribution in [0.25, 0.3) is 0 Å². The highest BCUT2D eigenvalue weighted by molar-refractivity contribution is 7.80. The molecule has 6 rings (SSSR count). The Morgan fingerprint density at radius 1 is 0.857 bits per heavy atom. The van der Waals surface area contributed by atoms with Gasteiger partial charge in [-0.05, 0) is 73.6 Å². The molecule has 7 nitrogen and oxygen atoms in total. The van der Waals surface area contributed by atoms with E-state index in [-0.39, 0.29) is 11.2 Å². The zero-order valence-electron chi connectivity index (χ0n) is 24.6. The maximum Gasteiger partial charge on any atom is 0.232 e. The van der Waals surface area contributed by atoms with Crippen molar-refractivity contribution >= 4 is 40.6 Å². The Morgan fingerprint density at radius 2 is 1.45 bits per heavy atom. The molecule has 0 amide bonds. The predicted molar refractivity (Wildman–Crippen MR) is 174 cm³/mol. The first-order valence-corrected chi connectivity index (χ1v) is 15.9. The van der Waals surface area contributed by atoms with Crippen molar-refractivity contribution in [2.24, 2.45) is 5.92 Å². The number of halogens is 1. The van der Waals surface area contributed by atoms with E-state index in [1.54, 1.807) is 12.1 Å². The second kappa shape index (κ2) is 12.8. The normalized spacial score (nSPS) is 19.1. The number of thiocarbonyl (C=S) groups is 1. The first kappa shape index (κ1) is 28.6. The molecule has 3 aromatic rings. The van der Waals surface area contributed by atoms with Crippen molar-refractivity contribution in [2.75, 3.05) is 65.8 Å². The molecule has 0 radical (unpaired) electrons. The summed E-state index contributed by atoms with van der Waals surface area (Å²) >= 11 is 5.78. The SMILES string of the molecule is CC1CCN(c2cc(N3CCN(c4ccccc4)CC3)nc(NC(=S)NCC3(c4ccc(F)cc4)CCCC3)n2)CC1. The molecule has 0 bridgehead atoms. The average Bonchev–Trinajstić information content (AvgIpc) is 3.51. The van der Waals surface area contributed by atoms with Crippen LogP contribution in [0.1, 0.15) is 51.0 Å². The fourth-order valence-electron chi connectivity index (χ4n) is 6.69. The maximum atomic E-state index is 13.6. The number of nitrogens with one attached hydrogen (secondary N) is 2. The van der Waals surface area contributed by atoms with Gasteiger partial charge in [0.1, 0.15) is 17.5 Å². The quantitative estimate of drug-likeness (QED) is 0.328. The molecule has 1 aliphatic carbocycles. The fourth-order valence-corrected chi connectivity index (χ4v) is 6.85. The predicted octanol–water partition coefficient (Wildman–Crippen LogP) is 5.98. The maximum absolute atomic E-state index is 13.6. The number of rotatable bonds is 7. The Kier molecular flexibility index (Phi) is 8.74. The van der Waals surface area contributed by atoms with E-state index in [1.807, 2.05) is 12.1 Å². The van der Waals surface area contributed by atoms with Crippen LogP contribution in [0.15, 0.2) is 60.7 Å². The third kappa shape index (κ3) is 6.61. The largest absolute Gasteiger partial charge is 0.368 e. The minimum Gasteiger partial charge on any atom is -0.368 e. The Bertz CT molecular complexity index is 1330. The molecular formula is C33H42FN7S. The number of hydrogen-bond acceptors (Lipinski definition) is 6. The highest BCUT2D eigenvalue weighted by atomic mass is 32.1. The molecular weight excluding hydrogens is 545 g/mol. The van der Waals surface area contributed by atoms with E-state index in [2.05, 4.69) is 68.7 Å². The van der Waals surface area contributed by atoms with Gasteiger partial charge in [0.05, 0.1) is 0 Å². The first-order valence-electron chi connectivity index (χ1n) is 15.5. The number of anilines is 4. The Balaban J connectivity index is 1.16. The van der Waals surface area contributed by atoms with E-state index in [0.29, 0.717) is 17.6 Å². The summed E-state index contributed by atoms with van der Waals surface area (Å²) in [7, 11) is 0. The molecule has 3 heterocycles. The van der Waals surface area contributed by atoms with Crippen LogP contribution < -0.4 is 25.3 Å². The number of hydrogen-bond donors (Lipinski definition) is 2. The molecule has 2 aromatic carbocycles. The van der Waals surface area contributed by atoms with Crippen LogP contribution in [0, 0.1) is 11.7 Å². The van der Waals surface area contributed by atoms with Crippen molar-refractivity contribution in [2.45, 2.75) is 50.9 Å². The molecule has 0 atom stereocenters. The van der Waals surface area contributed by atoms with E-state index in [0.717, 1.165) is 69.7 Å². The zero-order valence-corrected chi connectivity index (χ0v) is 25.4. The Labute approximate surface area is 254 Å². The van der Waals surface area contributed by atoms with Crippen LogP contribution in [-0.2, 0) is 5.41 Å². The topological polar surface area (TPSA) is 59.6 Å². The molecule has 3 aliphatic rings. The molecule has 222 valence electrons. The highest BCUT2D eigenvalue weighted by Crippen LogP contribution is 2.40. The lowest BCUT2D eigenvalue weighted by atomic mass is 9.79. The van der Waals surface area contributed by atoms with Crippen LogP contribution in [0.4, 0.5) is 27.7 Å². The summed E-state index contributed by atoms with van der Waals surface area (Å²) < 4.78 is 13.6. The summed E-state index contributed by atoms with van der Waals surface area (Å²) in [6.07, 6.45) is 6.80. The standard InChI is InChI=1S/C33H42FN7S/c1-25-13-17-40(18-14-25)29-23-30(41-21-19-39(20-22-41)28-7-3-2-4-8-28)37-31(36-29)38-32(42)35-24-33(15-5-6-16-33)26-9-11-27(34)12-10-26/h2-4,7-12,23,25H,5-6,13-22,24H2,1H3,(H2,35,36,37,38,42). The molecule has 1 saturated carbocycles. The van der Waals surface area contributed by atoms with Crippen molar-refractivity contribution in [3.63, 3.8) is 0 Å². The fraction of sp³-hybridized carbons (Fsp3) is 0.485. The lowest BCUT2D eigenvalue weighted by Crippen LogP contribution is -2.47. The molecule has 0 spiro atoms. The Hall–Kier alpha value is -3.46. The van der Waals surface area contributed by atoms with Gasteiger partial charge >= 0.3 is 0 Å². The highest BCUT2D eigenvalue weighted by Gasteiger charge is 2.35. The van der Waals surface area contributed by atoms with Crippen molar-refractivity contribution in [1.82, 2.24) is 15.3 Å². The molecule has 2 aliphatic heterocycles. The molecule has 42 heavy (non-hydrogen) atoms. The summed E-state index contributed by atoms with van der Waals surface area (Å²) in [6, 6.07) is 19.7. The van der Waals surface area contributed by atoms with Gasteiger partial charge in [0, 0.05) is 63.0 Å². The van der Waals surface area contributed by atoms with E-state index in [1.165, 1.54) is 36.9 Å². The summed E-state index contributed by atoms with van der Waals surface area (Å²) in [5.74, 6) is 2.98. The van der Waals surface area contributed by atoms with E-state index in [9.17, 15) is 4.39 Å². The lowest BCUT2D eigenvalue weighted by molar-refractivity contribution is 0.434. The molecule has 3 fully saturated rings. The van der Waals surface area contributed by atoms with Crippen LogP contribution >= 0.6 is 12.2 Å². The van der Waals surface area contributed by atoms with Gasteiger partial charge in [0.15, 0.2) is 5.11 Å². The molecule has 1 aromatic heterocycles. The number of aromatic nitrogens is 2. The first-order chi connectivity index (χ1) is 20.5. The minimum absolute atomic E-state index is 0.0454. The molecule has 0 unspecified atom stereocenters. The summed E-state index contributed by atoms with van der Waals surface area (Å²) in [4.78, 5) is 17.1. The van der Waals surface area contributed by atoms with Crippen LogP contribution in [0.2, 0.25) is 0 Å². The number of piperazine rings is 1. The van der Waals surface area contributed by atoms with Gasteiger partial charge in [-0.1, -0.05) is 50.1 Å². The van der Waals surface area contributed by atoms with Gasteiger partial charge in [0.2, 0.25) is 5.95 Å². The number of piperidine rings is 1. The van der Waals surface area contributed by atoms with Crippen LogP contribution in [0.5, 0.6) is 0 Å². The number of para-hydroxylation sites is 1. The summed E-state index contributed by atoms with van der Waals surface area (Å²) in [5.41, 5.74) is 2.39. The average molecular weight is 588 g/mol. The van der Waals surface area contributed by atoms with Gasteiger partial charge in [-0.2, -0.15) is 9.97 Å². The van der Waals surface area contributed by atoms with E-state index in [4.69, 9.17) is 22.2 Å². The second-order valence-corrected chi connectivity index (χ2v) is 12.6. The van der Waals surface area contributed by atoms with Crippen LogP contribution in [-0.4, -0.2) is 60.9 Å². The molecule has 2 saturated heterocycles. The third-order valence-corrected chi connectivity index (χ3v) is 9.61. The molecule has 2 N–H and O–H groups in total. The van der Waals surface area contributed by atoms with Crippen molar-refractivity contribution in [1.29, 1.82) is 0 Å². The minimum atomic E-state index is -0.200. The van der Waals surface area contributed by atoms with Crippen molar-refractivity contribution < 1.29 is 4.39 Å². The number of benzene rings is 2. The van der Waals surface area contributed by atoms with Gasteiger partial charge < -0.3 is 25.3 Å². The smallest absolute Gasteiger partial charge is 0.232 e. The summed E-state index contributed by atoms with van der Waals surface area (Å²) in [5, 5.41) is 7.31. The van der Waals surface area contributed by atoms with Crippen molar-refractivity contribution in [3.8, 4) is 0 Å². The van der Waals surface area contributed by atoms with E-state index >= 15 is 0 Å². The van der Waals surface area contributed by atoms with Gasteiger partial charge in [-0.15, -0.1) is 0 Å². The van der Waals surface area contributed by atoms with Crippen LogP contribution in [0.3, 0.4) is 0 Å². The zero-order chi connectivity index (χ0) is 28.9. The lowest BCUT2D eigenvalue weighted by Gasteiger charge is -2.37. The van der Waals surface area contributed by atoms with Gasteiger partial charge in [-0.3, -0.25) is 0 Å².